The minimum atomic E-state index is -3.66. The van der Waals surface area contributed by atoms with E-state index in [1.165, 1.54) is 12.1 Å². The Balaban J connectivity index is 2.25. The summed E-state index contributed by atoms with van der Waals surface area (Å²) in [6.45, 7) is 2.42. The summed E-state index contributed by atoms with van der Waals surface area (Å²) in [5.41, 5.74) is 0. The molecule has 19 heavy (non-hydrogen) atoms. The van der Waals surface area contributed by atoms with Gasteiger partial charge in [-0.15, -0.1) is 0 Å². The molecule has 1 aliphatic heterocycles. The maximum Gasteiger partial charge on any atom is 0.241 e. The SMILES string of the molecule is CC[C@H](CO)NS(=O)(=O)c1ccc2c(c1)OCCO2. The number of benzene rings is 1. The Morgan fingerprint density at radius 3 is 2.63 bits per heavy atom. The normalized spacial score (nSPS) is 16.1. The molecule has 0 aromatic heterocycles. The predicted molar refractivity (Wildman–Crippen MR) is 68.9 cm³/mol. The lowest BCUT2D eigenvalue weighted by atomic mass is 10.3. The molecular weight excluding hydrogens is 270 g/mol. The Morgan fingerprint density at radius 2 is 2.00 bits per heavy atom. The fourth-order valence-corrected chi connectivity index (χ4v) is 3.05. The summed E-state index contributed by atoms with van der Waals surface area (Å²) in [5, 5.41) is 9.06. The first-order valence-electron chi connectivity index (χ1n) is 6.09. The second kappa shape index (κ2) is 5.77. The standard InChI is InChI=1S/C12H17NO5S/c1-2-9(8-14)13-19(15,16)10-3-4-11-12(7-10)18-6-5-17-11/h3-4,7,9,13-14H,2,5-6,8H2,1H3/t9-/m1/s1. The average molecular weight is 287 g/mol. The summed E-state index contributed by atoms with van der Waals surface area (Å²) in [4.78, 5) is 0.101. The van der Waals surface area contributed by atoms with Gasteiger partial charge in [0.2, 0.25) is 10.0 Å². The molecule has 0 aliphatic carbocycles. The van der Waals surface area contributed by atoms with Crippen molar-refractivity contribution in [3.05, 3.63) is 18.2 Å². The van der Waals surface area contributed by atoms with Crippen LogP contribution in [0.1, 0.15) is 13.3 Å². The first-order valence-corrected chi connectivity index (χ1v) is 7.58. The number of hydrogen-bond donors (Lipinski definition) is 2. The van der Waals surface area contributed by atoms with E-state index in [9.17, 15) is 8.42 Å². The fourth-order valence-electron chi connectivity index (χ4n) is 1.73. The zero-order valence-corrected chi connectivity index (χ0v) is 11.4. The van der Waals surface area contributed by atoms with Gasteiger partial charge in [0.05, 0.1) is 11.5 Å². The molecule has 0 spiro atoms. The van der Waals surface area contributed by atoms with Crippen molar-refractivity contribution < 1.29 is 23.0 Å². The van der Waals surface area contributed by atoms with Crippen molar-refractivity contribution in [2.45, 2.75) is 24.3 Å². The molecule has 7 heteroatoms. The molecule has 1 aromatic carbocycles. The maximum atomic E-state index is 12.1. The smallest absolute Gasteiger partial charge is 0.241 e. The van der Waals surface area contributed by atoms with Crippen LogP contribution in [-0.4, -0.2) is 39.4 Å². The molecule has 1 aromatic rings. The summed E-state index contributed by atoms with van der Waals surface area (Å²) in [6.07, 6.45) is 0.514. The number of sulfonamides is 1. The third-order valence-corrected chi connectivity index (χ3v) is 4.38. The zero-order valence-electron chi connectivity index (χ0n) is 10.6. The largest absolute Gasteiger partial charge is 0.486 e. The predicted octanol–water partition coefficient (Wildman–Crippen LogP) is 0.507. The minimum absolute atomic E-state index is 0.101. The molecule has 0 radical (unpaired) electrons. The molecule has 106 valence electrons. The van der Waals surface area contributed by atoms with Crippen molar-refractivity contribution in [1.82, 2.24) is 4.72 Å². The second-order valence-corrected chi connectivity index (χ2v) is 5.93. The molecular formula is C12H17NO5S. The van der Waals surface area contributed by atoms with Crippen LogP contribution >= 0.6 is 0 Å². The van der Waals surface area contributed by atoms with Crippen LogP contribution in [0.4, 0.5) is 0 Å². The highest BCUT2D eigenvalue weighted by molar-refractivity contribution is 7.89. The lowest BCUT2D eigenvalue weighted by Crippen LogP contribution is -2.36. The summed E-state index contributed by atoms with van der Waals surface area (Å²) in [7, 11) is -3.66. The highest BCUT2D eigenvalue weighted by Gasteiger charge is 2.21. The van der Waals surface area contributed by atoms with Gasteiger partial charge >= 0.3 is 0 Å². The van der Waals surface area contributed by atoms with E-state index >= 15 is 0 Å². The van der Waals surface area contributed by atoms with Crippen molar-refractivity contribution in [1.29, 1.82) is 0 Å². The second-order valence-electron chi connectivity index (χ2n) is 4.21. The van der Waals surface area contributed by atoms with Gasteiger partial charge in [0.1, 0.15) is 13.2 Å². The molecule has 2 rings (SSSR count). The van der Waals surface area contributed by atoms with Gasteiger partial charge in [-0.2, -0.15) is 0 Å². The van der Waals surface area contributed by atoms with Gasteiger partial charge in [-0.3, -0.25) is 0 Å². The Kier molecular flexibility index (Phi) is 4.28. The topological polar surface area (TPSA) is 84.9 Å². The third-order valence-electron chi connectivity index (χ3n) is 2.86. The lowest BCUT2D eigenvalue weighted by Gasteiger charge is -2.19. The van der Waals surface area contributed by atoms with Gasteiger partial charge in [-0.25, -0.2) is 13.1 Å². The molecule has 0 fully saturated rings. The number of aliphatic hydroxyl groups is 1. The van der Waals surface area contributed by atoms with Gasteiger partial charge < -0.3 is 14.6 Å². The van der Waals surface area contributed by atoms with Crippen LogP contribution in [0, 0.1) is 0 Å². The van der Waals surface area contributed by atoms with Crippen molar-refractivity contribution in [2.75, 3.05) is 19.8 Å². The van der Waals surface area contributed by atoms with Gasteiger partial charge in [0.25, 0.3) is 0 Å². The first kappa shape index (κ1) is 14.1. The minimum Gasteiger partial charge on any atom is -0.486 e. The highest BCUT2D eigenvalue weighted by Crippen LogP contribution is 2.32. The number of rotatable bonds is 5. The molecule has 0 unspecified atom stereocenters. The number of hydrogen-bond acceptors (Lipinski definition) is 5. The van der Waals surface area contributed by atoms with Crippen molar-refractivity contribution in [3.63, 3.8) is 0 Å². The van der Waals surface area contributed by atoms with Crippen LogP contribution < -0.4 is 14.2 Å². The van der Waals surface area contributed by atoms with Crippen molar-refractivity contribution >= 4 is 10.0 Å². The summed E-state index contributed by atoms with van der Waals surface area (Å²) >= 11 is 0. The Labute approximate surface area is 112 Å². The number of ether oxygens (including phenoxy) is 2. The molecule has 1 aliphatic rings. The lowest BCUT2D eigenvalue weighted by molar-refractivity contribution is 0.171. The van der Waals surface area contributed by atoms with E-state index in [-0.39, 0.29) is 11.5 Å². The zero-order chi connectivity index (χ0) is 13.9. The van der Waals surface area contributed by atoms with Crippen LogP contribution in [0.5, 0.6) is 11.5 Å². The Morgan fingerprint density at radius 1 is 1.32 bits per heavy atom. The maximum absolute atomic E-state index is 12.1. The Bertz CT molecular complexity index is 539. The van der Waals surface area contributed by atoms with Crippen LogP contribution in [0.25, 0.3) is 0 Å². The monoisotopic (exact) mass is 287 g/mol. The molecule has 0 saturated carbocycles. The molecule has 0 saturated heterocycles. The summed E-state index contributed by atoms with van der Waals surface area (Å²) < 4.78 is 37.4. The quantitative estimate of drug-likeness (QED) is 0.824. The van der Waals surface area contributed by atoms with Crippen molar-refractivity contribution in [2.24, 2.45) is 0 Å². The fraction of sp³-hybridized carbons (Fsp3) is 0.500. The molecule has 0 bridgehead atoms. The van der Waals surface area contributed by atoms with E-state index < -0.39 is 16.1 Å². The van der Waals surface area contributed by atoms with E-state index in [0.717, 1.165) is 0 Å². The van der Waals surface area contributed by atoms with E-state index in [4.69, 9.17) is 14.6 Å². The first-order chi connectivity index (χ1) is 9.06. The van der Waals surface area contributed by atoms with E-state index in [1.807, 2.05) is 0 Å². The summed E-state index contributed by atoms with van der Waals surface area (Å²) in [6, 6.07) is 3.97. The van der Waals surface area contributed by atoms with Gasteiger partial charge in [-0.05, 0) is 18.6 Å². The third kappa shape index (κ3) is 3.17. The van der Waals surface area contributed by atoms with E-state index in [2.05, 4.69) is 4.72 Å². The van der Waals surface area contributed by atoms with Crippen LogP contribution in [0.2, 0.25) is 0 Å². The van der Waals surface area contributed by atoms with E-state index in [1.54, 1.807) is 13.0 Å². The van der Waals surface area contributed by atoms with Gasteiger partial charge in [0, 0.05) is 12.1 Å². The average Bonchev–Trinajstić information content (AvgIpc) is 2.44. The molecule has 1 atom stereocenters. The highest BCUT2D eigenvalue weighted by atomic mass is 32.2. The van der Waals surface area contributed by atoms with Gasteiger partial charge in [0.15, 0.2) is 11.5 Å². The van der Waals surface area contributed by atoms with E-state index in [0.29, 0.717) is 31.1 Å². The molecule has 0 amide bonds. The Hall–Kier alpha value is -1.31. The molecule has 1 heterocycles. The molecule has 2 N–H and O–H groups in total. The van der Waals surface area contributed by atoms with Crippen LogP contribution in [-0.2, 0) is 10.0 Å². The summed E-state index contributed by atoms with van der Waals surface area (Å²) in [5.74, 6) is 0.963. The number of aliphatic hydroxyl groups excluding tert-OH is 1. The number of fused-ring (bicyclic) bond motifs is 1. The van der Waals surface area contributed by atoms with Gasteiger partial charge in [-0.1, -0.05) is 6.92 Å². The number of nitrogens with one attached hydrogen (secondary N) is 1. The van der Waals surface area contributed by atoms with Crippen LogP contribution in [0.15, 0.2) is 23.1 Å². The van der Waals surface area contributed by atoms with Crippen molar-refractivity contribution in [3.8, 4) is 11.5 Å². The van der Waals surface area contributed by atoms with Crippen LogP contribution in [0.3, 0.4) is 0 Å². The molecule has 6 nitrogen and oxygen atoms in total.